The minimum atomic E-state index is 0.0780. The zero-order valence-electron chi connectivity index (χ0n) is 9.20. The molecule has 82 valence electrons. The molecule has 0 atom stereocenters. The predicted molar refractivity (Wildman–Crippen MR) is 63.9 cm³/mol. The van der Waals surface area contributed by atoms with Crippen LogP contribution in [0.15, 0.2) is 30.3 Å². The molecule has 1 saturated carbocycles. The van der Waals surface area contributed by atoms with Gasteiger partial charge in [-0.3, -0.25) is 4.79 Å². The van der Waals surface area contributed by atoms with Crippen LogP contribution >= 0.6 is 0 Å². The highest BCUT2D eigenvalue weighted by atomic mass is 16.1. The van der Waals surface area contributed by atoms with Crippen LogP contribution < -0.4 is 5.32 Å². The summed E-state index contributed by atoms with van der Waals surface area (Å²) < 4.78 is 0. The summed E-state index contributed by atoms with van der Waals surface area (Å²) in [6, 6.07) is 8.80. The molecule has 1 fully saturated rings. The van der Waals surface area contributed by atoms with Crippen LogP contribution in [0.1, 0.15) is 30.4 Å². The smallest absolute Gasteiger partial charge is 0.244 e. The monoisotopic (exact) mass is 213 g/mol. The van der Waals surface area contributed by atoms with Gasteiger partial charge in [-0.1, -0.05) is 24.3 Å². The number of allylic oxidation sites excluding steroid dienone is 1. The summed E-state index contributed by atoms with van der Waals surface area (Å²) in [5.74, 6) is 0.0780. The number of aryl methyl sites for hydroxylation is 1. The lowest BCUT2D eigenvalue weighted by atomic mass is 10.1. The number of hydrogen-bond donors (Lipinski definition) is 1. The van der Waals surface area contributed by atoms with E-state index in [9.17, 15) is 4.79 Å². The van der Waals surface area contributed by atoms with E-state index in [1.54, 1.807) is 6.08 Å². The Morgan fingerprint density at radius 1 is 1.25 bits per heavy atom. The Labute approximate surface area is 95.4 Å². The van der Waals surface area contributed by atoms with Crippen molar-refractivity contribution in [1.82, 2.24) is 5.32 Å². The second-order valence-electron chi connectivity index (χ2n) is 4.61. The van der Waals surface area contributed by atoms with E-state index < -0.39 is 0 Å². The van der Waals surface area contributed by atoms with E-state index in [0.29, 0.717) is 6.04 Å². The van der Waals surface area contributed by atoms with Crippen molar-refractivity contribution in [2.24, 2.45) is 0 Å². The van der Waals surface area contributed by atoms with Gasteiger partial charge >= 0.3 is 0 Å². The van der Waals surface area contributed by atoms with Gasteiger partial charge in [-0.15, -0.1) is 0 Å². The highest BCUT2D eigenvalue weighted by molar-refractivity contribution is 5.96. The van der Waals surface area contributed by atoms with Crippen molar-refractivity contribution in [2.45, 2.75) is 31.7 Å². The fourth-order valence-electron chi connectivity index (χ4n) is 2.23. The summed E-state index contributed by atoms with van der Waals surface area (Å²) in [5, 5.41) is 3.00. The van der Waals surface area contributed by atoms with Gasteiger partial charge in [-0.2, -0.15) is 0 Å². The van der Waals surface area contributed by atoms with Gasteiger partial charge in [0.25, 0.3) is 0 Å². The van der Waals surface area contributed by atoms with Gasteiger partial charge in [0.15, 0.2) is 0 Å². The molecule has 0 heterocycles. The van der Waals surface area contributed by atoms with Crippen molar-refractivity contribution >= 4 is 11.5 Å². The normalized spacial score (nSPS) is 20.9. The quantitative estimate of drug-likeness (QED) is 0.750. The van der Waals surface area contributed by atoms with E-state index in [4.69, 9.17) is 0 Å². The molecule has 0 radical (unpaired) electrons. The summed E-state index contributed by atoms with van der Waals surface area (Å²) in [4.78, 5) is 11.7. The molecule has 1 aromatic rings. The van der Waals surface area contributed by atoms with E-state index in [1.165, 1.54) is 16.7 Å². The SMILES string of the molecule is O=C(/C=C1/CCc2ccccc21)NC1CC1. The Kier molecular flexibility index (Phi) is 2.28. The molecule has 0 aliphatic heterocycles. The standard InChI is InChI=1S/C14H15NO/c16-14(15-12-7-8-12)9-11-6-5-10-3-1-2-4-13(10)11/h1-4,9,12H,5-8H2,(H,15,16)/b11-9-. The third kappa shape index (κ3) is 1.87. The maximum Gasteiger partial charge on any atom is 0.244 e. The predicted octanol–water partition coefficient (Wildman–Crippen LogP) is 2.29. The second kappa shape index (κ2) is 3.78. The Hall–Kier alpha value is -1.57. The maximum absolute atomic E-state index is 11.7. The van der Waals surface area contributed by atoms with Crippen molar-refractivity contribution in [3.05, 3.63) is 41.5 Å². The van der Waals surface area contributed by atoms with E-state index in [0.717, 1.165) is 25.7 Å². The molecule has 2 aliphatic rings. The number of fused-ring (bicyclic) bond motifs is 1. The lowest BCUT2D eigenvalue weighted by Crippen LogP contribution is -2.23. The van der Waals surface area contributed by atoms with E-state index in [-0.39, 0.29) is 5.91 Å². The molecule has 16 heavy (non-hydrogen) atoms. The zero-order valence-corrected chi connectivity index (χ0v) is 9.20. The topological polar surface area (TPSA) is 29.1 Å². The van der Waals surface area contributed by atoms with Crippen LogP contribution in [0.4, 0.5) is 0 Å². The molecular weight excluding hydrogens is 198 g/mol. The van der Waals surface area contributed by atoms with Crippen LogP contribution in [0.5, 0.6) is 0 Å². The average Bonchev–Trinajstić information content (AvgIpc) is 3.00. The molecule has 2 aliphatic carbocycles. The van der Waals surface area contributed by atoms with Gasteiger partial charge in [0.2, 0.25) is 5.91 Å². The minimum absolute atomic E-state index is 0.0780. The number of rotatable bonds is 2. The first-order valence-electron chi connectivity index (χ1n) is 5.92. The Morgan fingerprint density at radius 3 is 2.88 bits per heavy atom. The molecule has 0 unspecified atom stereocenters. The largest absolute Gasteiger partial charge is 0.350 e. The summed E-state index contributed by atoms with van der Waals surface area (Å²) in [6.07, 6.45) is 6.14. The van der Waals surface area contributed by atoms with Crippen LogP contribution in [0.2, 0.25) is 0 Å². The molecule has 1 aromatic carbocycles. The van der Waals surface area contributed by atoms with Gasteiger partial charge in [-0.25, -0.2) is 0 Å². The summed E-state index contributed by atoms with van der Waals surface area (Å²) in [6.45, 7) is 0. The molecule has 3 rings (SSSR count). The fourth-order valence-corrected chi connectivity index (χ4v) is 2.23. The highest BCUT2D eigenvalue weighted by Crippen LogP contribution is 2.31. The average molecular weight is 213 g/mol. The number of nitrogens with one attached hydrogen (secondary N) is 1. The van der Waals surface area contributed by atoms with E-state index in [2.05, 4.69) is 23.5 Å². The Bertz CT molecular complexity index is 458. The molecule has 1 amide bonds. The van der Waals surface area contributed by atoms with Crippen molar-refractivity contribution < 1.29 is 4.79 Å². The van der Waals surface area contributed by atoms with Gasteiger partial charge in [0, 0.05) is 12.1 Å². The van der Waals surface area contributed by atoms with Gasteiger partial charge in [0.1, 0.15) is 0 Å². The fraction of sp³-hybridized carbons (Fsp3) is 0.357. The lowest BCUT2D eigenvalue weighted by molar-refractivity contribution is -0.116. The third-order valence-corrected chi connectivity index (χ3v) is 3.26. The number of benzene rings is 1. The number of hydrogen-bond acceptors (Lipinski definition) is 1. The summed E-state index contributed by atoms with van der Waals surface area (Å²) >= 11 is 0. The number of carbonyl (C=O) groups is 1. The van der Waals surface area contributed by atoms with Gasteiger partial charge in [-0.05, 0) is 42.4 Å². The van der Waals surface area contributed by atoms with Crippen molar-refractivity contribution in [1.29, 1.82) is 0 Å². The van der Waals surface area contributed by atoms with Crippen LogP contribution in [0.3, 0.4) is 0 Å². The number of amides is 1. The molecule has 0 spiro atoms. The first kappa shape index (κ1) is 9.64. The van der Waals surface area contributed by atoms with Crippen LogP contribution in [-0.4, -0.2) is 11.9 Å². The highest BCUT2D eigenvalue weighted by Gasteiger charge is 2.23. The second-order valence-corrected chi connectivity index (χ2v) is 4.61. The Morgan fingerprint density at radius 2 is 2.06 bits per heavy atom. The van der Waals surface area contributed by atoms with Gasteiger partial charge < -0.3 is 5.32 Å². The Balaban J connectivity index is 1.80. The number of carbonyl (C=O) groups excluding carboxylic acids is 1. The zero-order chi connectivity index (χ0) is 11.0. The van der Waals surface area contributed by atoms with Crippen molar-refractivity contribution in [3.63, 3.8) is 0 Å². The summed E-state index contributed by atoms with van der Waals surface area (Å²) in [7, 11) is 0. The first-order chi connectivity index (χ1) is 7.83. The van der Waals surface area contributed by atoms with E-state index >= 15 is 0 Å². The molecule has 0 bridgehead atoms. The molecule has 2 heteroatoms. The lowest BCUT2D eigenvalue weighted by Gasteiger charge is -2.01. The maximum atomic E-state index is 11.7. The van der Waals surface area contributed by atoms with Crippen LogP contribution in [-0.2, 0) is 11.2 Å². The molecule has 2 nitrogen and oxygen atoms in total. The summed E-state index contributed by atoms with van der Waals surface area (Å²) in [5.41, 5.74) is 3.81. The van der Waals surface area contributed by atoms with Crippen molar-refractivity contribution in [3.8, 4) is 0 Å². The molecule has 0 aromatic heterocycles. The molecule has 1 N–H and O–H groups in total. The van der Waals surface area contributed by atoms with Crippen LogP contribution in [0.25, 0.3) is 5.57 Å². The molecular formula is C14H15NO. The van der Waals surface area contributed by atoms with E-state index in [1.807, 2.05) is 6.07 Å². The van der Waals surface area contributed by atoms with Crippen LogP contribution in [0, 0.1) is 0 Å². The van der Waals surface area contributed by atoms with Gasteiger partial charge in [0.05, 0.1) is 0 Å². The minimum Gasteiger partial charge on any atom is -0.350 e. The first-order valence-corrected chi connectivity index (χ1v) is 5.92. The third-order valence-electron chi connectivity index (χ3n) is 3.26. The molecule has 0 saturated heterocycles. The van der Waals surface area contributed by atoms with Crippen molar-refractivity contribution in [2.75, 3.05) is 0 Å².